The molecule has 0 amide bonds. The second-order valence-electron chi connectivity index (χ2n) is 4.96. The van der Waals surface area contributed by atoms with Crippen molar-refractivity contribution in [2.45, 2.75) is 19.0 Å². The van der Waals surface area contributed by atoms with Crippen LogP contribution in [0.1, 0.15) is 18.1 Å². The van der Waals surface area contributed by atoms with Crippen molar-refractivity contribution in [1.29, 1.82) is 0 Å². The van der Waals surface area contributed by atoms with E-state index in [1.54, 1.807) is 12.1 Å². The lowest BCUT2D eigenvalue weighted by Gasteiger charge is -2.29. The van der Waals surface area contributed by atoms with Gasteiger partial charge in [0.15, 0.2) is 11.6 Å². The quantitative estimate of drug-likeness (QED) is 0.786. The van der Waals surface area contributed by atoms with Crippen molar-refractivity contribution in [1.82, 2.24) is 5.32 Å². The molecule has 0 aliphatic carbocycles. The average Bonchev–Trinajstić information content (AvgIpc) is 2.49. The minimum atomic E-state index is -0.653. The molecule has 3 N–H and O–H groups in total. The Labute approximate surface area is 117 Å². The van der Waals surface area contributed by atoms with Crippen LogP contribution in [0.25, 0.3) is 0 Å². The smallest absolute Gasteiger partial charge is 0.165 e. The highest BCUT2D eigenvalue weighted by Gasteiger charge is 2.25. The molecule has 1 atom stereocenters. The predicted molar refractivity (Wildman–Crippen MR) is 75.8 cm³/mol. The van der Waals surface area contributed by atoms with Gasteiger partial charge in [0.1, 0.15) is 0 Å². The van der Waals surface area contributed by atoms with Crippen molar-refractivity contribution in [2.24, 2.45) is 0 Å². The summed E-state index contributed by atoms with van der Waals surface area (Å²) in [6.45, 7) is 2.02. The lowest BCUT2D eigenvalue weighted by atomic mass is 9.92. The van der Waals surface area contributed by atoms with Gasteiger partial charge in [-0.3, -0.25) is 0 Å². The summed E-state index contributed by atoms with van der Waals surface area (Å²) in [6.07, 6.45) is 0. The molecule has 2 aromatic carbocycles. The molecule has 0 spiro atoms. The number of hydrogen-bond donors (Lipinski definition) is 3. The van der Waals surface area contributed by atoms with Crippen LogP contribution in [0.3, 0.4) is 0 Å². The molecule has 3 nitrogen and oxygen atoms in total. The molecular weight excluding hydrogens is 257 g/mol. The van der Waals surface area contributed by atoms with E-state index in [2.05, 4.69) is 5.32 Å². The summed E-state index contributed by atoms with van der Waals surface area (Å²) in [7, 11) is 0. The Kier molecular flexibility index (Phi) is 4.37. The van der Waals surface area contributed by atoms with Crippen molar-refractivity contribution in [3.05, 3.63) is 65.5 Å². The van der Waals surface area contributed by atoms with Gasteiger partial charge >= 0.3 is 0 Å². The molecule has 2 aromatic rings. The number of hydrogen-bond acceptors (Lipinski definition) is 3. The van der Waals surface area contributed by atoms with Crippen LogP contribution in [0, 0.1) is 5.82 Å². The summed E-state index contributed by atoms with van der Waals surface area (Å²) >= 11 is 0. The van der Waals surface area contributed by atoms with Crippen molar-refractivity contribution in [3.8, 4) is 5.75 Å². The number of aliphatic hydroxyl groups excluding tert-OH is 1. The lowest BCUT2D eigenvalue weighted by molar-refractivity contribution is 0.173. The summed E-state index contributed by atoms with van der Waals surface area (Å²) in [4.78, 5) is 0. The monoisotopic (exact) mass is 275 g/mol. The zero-order chi connectivity index (χ0) is 14.6. The SMILES string of the molecule is CC(CO)(NCc1cccc(F)c1O)c1ccccc1. The van der Waals surface area contributed by atoms with Gasteiger partial charge in [-0.25, -0.2) is 4.39 Å². The van der Waals surface area contributed by atoms with Gasteiger partial charge in [0.2, 0.25) is 0 Å². The van der Waals surface area contributed by atoms with E-state index in [0.717, 1.165) is 5.56 Å². The van der Waals surface area contributed by atoms with E-state index in [0.29, 0.717) is 5.56 Å². The number of halogens is 1. The molecule has 0 radical (unpaired) electrons. The number of phenolic OH excluding ortho intramolecular Hbond substituents is 1. The van der Waals surface area contributed by atoms with Crippen LogP contribution in [0.5, 0.6) is 5.75 Å². The number of nitrogens with one attached hydrogen (secondary N) is 1. The van der Waals surface area contributed by atoms with Gasteiger partial charge in [-0.2, -0.15) is 0 Å². The standard InChI is InChI=1S/C16H18FNO2/c1-16(11-19,13-7-3-2-4-8-13)18-10-12-6-5-9-14(17)15(12)20/h2-9,18-20H,10-11H2,1H3. The van der Waals surface area contributed by atoms with Gasteiger partial charge in [-0.15, -0.1) is 0 Å². The zero-order valence-corrected chi connectivity index (χ0v) is 11.3. The number of benzene rings is 2. The molecule has 0 aliphatic heterocycles. The number of rotatable bonds is 5. The Balaban J connectivity index is 2.17. The number of aromatic hydroxyl groups is 1. The van der Waals surface area contributed by atoms with Gasteiger partial charge in [-0.1, -0.05) is 42.5 Å². The third-order valence-corrected chi connectivity index (χ3v) is 3.47. The van der Waals surface area contributed by atoms with Crippen LogP contribution in [0.2, 0.25) is 0 Å². The summed E-state index contributed by atoms with van der Waals surface area (Å²) in [5.41, 5.74) is 0.735. The topological polar surface area (TPSA) is 52.5 Å². The molecule has 106 valence electrons. The Bertz CT molecular complexity index is 574. The average molecular weight is 275 g/mol. The normalized spacial score (nSPS) is 13.9. The van der Waals surface area contributed by atoms with Crippen molar-refractivity contribution < 1.29 is 14.6 Å². The zero-order valence-electron chi connectivity index (χ0n) is 11.3. The number of aliphatic hydroxyl groups is 1. The van der Waals surface area contributed by atoms with Crippen LogP contribution >= 0.6 is 0 Å². The van der Waals surface area contributed by atoms with E-state index in [1.807, 2.05) is 37.3 Å². The van der Waals surface area contributed by atoms with Crippen LogP contribution in [0.15, 0.2) is 48.5 Å². The molecule has 4 heteroatoms. The Morgan fingerprint density at radius 2 is 1.80 bits per heavy atom. The first kappa shape index (κ1) is 14.5. The molecule has 1 unspecified atom stereocenters. The summed E-state index contributed by atoms with van der Waals surface area (Å²) in [5.74, 6) is -0.997. The molecule has 0 fully saturated rings. The minimum Gasteiger partial charge on any atom is -0.505 e. The molecule has 0 aromatic heterocycles. The first-order chi connectivity index (χ1) is 9.57. The second kappa shape index (κ2) is 6.03. The molecule has 0 heterocycles. The van der Waals surface area contributed by atoms with Gasteiger partial charge < -0.3 is 15.5 Å². The molecule has 20 heavy (non-hydrogen) atoms. The van der Waals surface area contributed by atoms with E-state index in [1.165, 1.54) is 6.07 Å². The maximum atomic E-state index is 13.3. The molecule has 0 saturated carbocycles. The summed E-state index contributed by atoms with van der Waals surface area (Å²) in [5, 5.41) is 22.5. The highest BCUT2D eigenvalue weighted by molar-refractivity contribution is 5.34. The maximum Gasteiger partial charge on any atom is 0.165 e. The molecule has 0 aliphatic rings. The predicted octanol–water partition coefficient (Wildman–Crippen LogP) is 2.53. The van der Waals surface area contributed by atoms with E-state index >= 15 is 0 Å². The van der Waals surface area contributed by atoms with E-state index in [4.69, 9.17) is 0 Å². The van der Waals surface area contributed by atoms with E-state index < -0.39 is 11.4 Å². The first-order valence-corrected chi connectivity index (χ1v) is 6.44. The van der Waals surface area contributed by atoms with Gasteiger partial charge in [0.25, 0.3) is 0 Å². The van der Waals surface area contributed by atoms with Crippen molar-refractivity contribution in [2.75, 3.05) is 6.61 Å². The highest BCUT2D eigenvalue weighted by Crippen LogP contribution is 2.24. The summed E-state index contributed by atoms with van der Waals surface area (Å²) < 4.78 is 13.3. The lowest BCUT2D eigenvalue weighted by Crippen LogP contribution is -2.42. The van der Waals surface area contributed by atoms with Crippen LogP contribution in [-0.2, 0) is 12.1 Å². The third-order valence-electron chi connectivity index (χ3n) is 3.47. The van der Waals surface area contributed by atoms with Gasteiger partial charge in [0.05, 0.1) is 12.1 Å². The largest absolute Gasteiger partial charge is 0.505 e. The Hall–Kier alpha value is -1.91. The van der Waals surface area contributed by atoms with Crippen molar-refractivity contribution >= 4 is 0 Å². The molecule has 0 bridgehead atoms. The van der Waals surface area contributed by atoms with Gasteiger partial charge in [0, 0.05) is 12.1 Å². The highest BCUT2D eigenvalue weighted by atomic mass is 19.1. The molecule has 2 rings (SSSR count). The maximum absolute atomic E-state index is 13.3. The fourth-order valence-corrected chi connectivity index (χ4v) is 2.05. The fourth-order valence-electron chi connectivity index (χ4n) is 2.05. The third kappa shape index (κ3) is 2.98. The molecular formula is C16H18FNO2. The van der Waals surface area contributed by atoms with Gasteiger partial charge in [-0.05, 0) is 18.6 Å². The van der Waals surface area contributed by atoms with Crippen LogP contribution in [0.4, 0.5) is 4.39 Å². The van der Waals surface area contributed by atoms with Crippen molar-refractivity contribution in [3.63, 3.8) is 0 Å². The van der Waals surface area contributed by atoms with E-state index in [-0.39, 0.29) is 18.9 Å². The molecule has 0 saturated heterocycles. The number of para-hydroxylation sites is 1. The Morgan fingerprint density at radius 3 is 2.45 bits per heavy atom. The van der Waals surface area contributed by atoms with E-state index in [9.17, 15) is 14.6 Å². The first-order valence-electron chi connectivity index (χ1n) is 6.44. The van der Waals surface area contributed by atoms with Crippen LogP contribution < -0.4 is 5.32 Å². The summed E-state index contributed by atoms with van der Waals surface area (Å²) in [6, 6.07) is 13.9. The van der Waals surface area contributed by atoms with Crippen LogP contribution in [-0.4, -0.2) is 16.8 Å². The Morgan fingerprint density at radius 1 is 1.10 bits per heavy atom. The second-order valence-corrected chi connectivity index (χ2v) is 4.96. The number of phenols is 1. The minimum absolute atomic E-state index is 0.104. The fraction of sp³-hybridized carbons (Fsp3) is 0.250.